The fraction of sp³-hybridized carbons (Fsp3) is 0.0476. The van der Waals surface area contributed by atoms with E-state index in [1.165, 1.54) is 24.5 Å². The zero-order valence-electron chi connectivity index (χ0n) is 15.0. The van der Waals surface area contributed by atoms with Gasteiger partial charge in [0.25, 0.3) is 11.8 Å². The third kappa shape index (κ3) is 3.91. The molecule has 2 aromatic heterocycles. The Morgan fingerprint density at radius 1 is 1.00 bits per heavy atom. The van der Waals surface area contributed by atoms with Crippen molar-refractivity contribution in [3.8, 4) is 11.3 Å². The number of aromatic nitrogens is 1. The predicted octanol–water partition coefficient (Wildman–Crippen LogP) is 3.20. The molecule has 8 heteroatoms. The number of nitrogens with one attached hydrogen (secondary N) is 1. The molecule has 29 heavy (non-hydrogen) atoms. The minimum absolute atomic E-state index is 0.0176. The molecular weight excluding hydrogens is 376 g/mol. The van der Waals surface area contributed by atoms with Gasteiger partial charge in [-0.25, -0.2) is 4.79 Å². The molecule has 8 nitrogen and oxygen atoms in total. The molecule has 0 bridgehead atoms. The molecule has 4 rings (SSSR count). The van der Waals surface area contributed by atoms with E-state index in [1.807, 2.05) is 30.3 Å². The molecule has 0 aliphatic carbocycles. The van der Waals surface area contributed by atoms with Crippen molar-refractivity contribution in [1.29, 1.82) is 0 Å². The van der Waals surface area contributed by atoms with Crippen LogP contribution in [0.15, 0.2) is 75.9 Å². The van der Waals surface area contributed by atoms with Gasteiger partial charge in [0.15, 0.2) is 18.1 Å². The number of hydrogen-bond donors (Lipinski definition) is 1. The average molecular weight is 390 g/mol. The Hall–Kier alpha value is -4.20. The molecule has 1 N–H and O–H groups in total. The Bertz CT molecular complexity index is 1180. The number of carbonyl (C=O) groups is 3. The highest BCUT2D eigenvalue weighted by Crippen LogP contribution is 2.29. The number of furan rings is 1. The summed E-state index contributed by atoms with van der Waals surface area (Å²) in [6.45, 7) is -0.613. The quantitative estimate of drug-likeness (QED) is 0.521. The van der Waals surface area contributed by atoms with Gasteiger partial charge in [-0.2, -0.15) is 0 Å². The first kappa shape index (κ1) is 18.2. The number of imide groups is 1. The van der Waals surface area contributed by atoms with Crippen LogP contribution in [-0.4, -0.2) is 29.5 Å². The van der Waals surface area contributed by atoms with Gasteiger partial charge in [0.05, 0.1) is 17.2 Å². The van der Waals surface area contributed by atoms with Crippen molar-refractivity contribution in [2.75, 3.05) is 6.61 Å². The van der Waals surface area contributed by atoms with Crippen LogP contribution in [0.25, 0.3) is 22.2 Å². The summed E-state index contributed by atoms with van der Waals surface area (Å²) in [5.74, 6) is -1.69. The normalized spacial score (nSPS) is 10.6. The first-order chi connectivity index (χ1) is 14.1. The third-order valence-electron chi connectivity index (χ3n) is 4.08. The zero-order valence-corrected chi connectivity index (χ0v) is 15.0. The van der Waals surface area contributed by atoms with E-state index >= 15 is 0 Å². The summed E-state index contributed by atoms with van der Waals surface area (Å²) in [4.78, 5) is 35.9. The third-order valence-corrected chi connectivity index (χ3v) is 4.08. The van der Waals surface area contributed by atoms with E-state index < -0.39 is 24.4 Å². The van der Waals surface area contributed by atoms with Crippen molar-refractivity contribution in [3.63, 3.8) is 0 Å². The summed E-state index contributed by atoms with van der Waals surface area (Å²) in [5.41, 5.74) is 1.63. The Labute approximate surface area is 164 Å². The van der Waals surface area contributed by atoms with Crippen molar-refractivity contribution in [2.45, 2.75) is 0 Å². The Morgan fingerprint density at radius 3 is 2.59 bits per heavy atom. The number of amides is 2. The van der Waals surface area contributed by atoms with E-state index in [-0.39, 0.29) is 11.3 Å². The topological polar surface area (TPSA) is 112 Å². The highest BCUT2D eigenvalue weighted by Gasteiger charge is 2.17. The second-order valence-corrected chi connectivity index (χ2v) is 6.04. The lowest BCUT2D eigenvalue weighted by Crippen LogP contribution is -2.33. The molecule has 0 fully saturated rings. The molecule has 0 unspecified atom stereocenters. The molecule has 2 amide bonds. The van der Waals surface area contributed by atoms with Crippen molar-refractivity contribution in [2.24, 2.45) is 0 Å². The fourth-order valence-electron chi connectivity index (χ4n) is 2.71. The van der Waals surface area contributed by atoms with Gasteiger partial charge in [0, 0.05) is 5.56 Å². The number of carbonyl (C=O) groups excluding carboxylic acids is 3. The number of ether oxygens (including phenoxy) is 1. The Morgan fingerprint density at radius 2 is 1.83 bits per heavy atom. The van der Waals surface area contributed by atoms with Crippen LogP contribution in [0, 0.1) is 0 Å². The smallest absolute Gasteiger partial charge is 0.338 e. The van der Waals surface area contributed by atoms with Gasteiger partial charge in [-0.3, -0.25) is 14.9 Å². The van der Waals surface area contributed by atoms with Gasteiger partial charge < -0.3 is 13.7 Å². The fourth-order valence-corrected chi connectivity index (χ4v) is 2.71. The number of nitrogens with zero attached hydrogens (tertiary/aromatic N) is 1. The second-order valence-electron chi connectivity index (χ2n) is 6.04. The number of fused-ring (bicyclic) bond motifs is 1. The van der Waals surface area contributed by atoms with E-state index in [2.05, 4.69) is 10.5 Å². The molecule has 2 aromatic carbocycles. The average Bonchev–Trinajstić information content (AvgIpc) is 3.42. The Balaban J connectivity index is 1.45. The molecule has 0 aliphatic rings. The van der Waals surface area contributed by atoms with Crippen LogP contribution < -0.4 is 5.32 Å². The van der Waals surface area contributed by atoms with Crippen LogP contribution in [0.4, 0.5) is 0 Å². The number of esters is 1. The van der Waals surface area contributed by atoms with Crippen LogP contribution in [0.3, 0.4) is 0 Å². The summed E-state index contributed by atoms with van der Waals surface area (Å²) in [6, 6.07) is 17.0. The largest absolute Gasteiger partial charge is 0.459 e. The maximum atomic E-state index is 12.3. The predicted molar refractivity (Wildman–Crippen MR) is 101 cm³/mol. The lowest BCUT2D eigenvalue weighted by Gasteiger charge is -2.05. The highest BCUT2D eigenvalue weighted by atomic mass is 16.5. The first-order valence-corrected chi connectivity index (χ1v) is 8.61. The molecule has 0 saturated carbocycles. The van der Waals surface area contributed by atoms with E-state index in [4.69, 9.17) is 13.7 Å². The summed E-state index contributed by atoms with van der Waals surface area (Å²) in [6.07, 6.45) is 1.31. The standard InChI is InChI=1S/C21H14N2O6/c24-18(22-20(25)17-7-4-10-27-17)12-28-21(26)14-8-9-16-15(11-14)19(29-23-16)13-5-2-1-3-6-13/h1-11H,12H2,(H,22,24,25). The first-order valence-electron chi connectivity index (χ1n) is 8.61. The minimum atomic E-state index is -0.768. The monoisotopic (exact) mass is 390 g/mol. The summed E-state index contributed by atoms with van der Waals surface area (Å²) in [5, 5.41) is 6.70. The molecule has 0 radical (unpaired) electrons. The van der Waals surface area contributed by atoms with Crippen molar-refractivity contribution < 1.29 is 28.1 Å². The van der Waals surface area contributed by atoms with Gasteiger partial charge >= 0.3 is 5.97 Å². The van der Waals surface area contributed by atoms with E-state index in [1.54, 1.807) is 12.1 Å². The molecule has 2 heterocycles. The van der Waals surface area contributed by atoms with Crippen LogP contribution in [-0.2, 0) is 9.53 Å². The lowest BCUT2D eigenvalue weighted by atomic mass is 10.1. The lowest BCUT2D eigenvalue weighted by molar-refractivity contribution is -0.123. The van der Waals surface area contributed by atoms with Gasteiger partial charge in [0.2, 0.25) is 0 Å². The molecule has 4 aromatic rings. The number of benzene rings is 2. The van der Waals surface area contributed by atoms with Crippen molar-refractivity contribution in [3.05, 3.63) is 78.3 Å². The summed E-state index contributed by atoms with van der Waals surface area (Å²) in [7, 11) is 0. The van der Waals surface area contributed by atoms with E-state index in [0.717, 1.165) is 5.56 Å². The summed E-state index contributed by atoms with van der Waals surface area (Å²) >= 11 is 0. The minimum Gasteiger partial charge on any atom is -0.459 e. The SMILES string of the molecule is O=C(COC(=O)c1ccc2noc(-c3ccccc3)c2c1)NC(=O)c1ccco1. The van der Waals surface area contributed by atoms with E-state index in [0.29, 0.717) is 16.7 Å². The van der Waals surface area contributed by atoms with Crippen LogP contribution in [0.5, 0.6) is 0 Å². The summed E-state index contributed by atoms with van der Waals surface area (Å²) < 4.78 is 15.3. The van der Waals surface area contributed by atoms with Crippen LogP contribution in [0.1, 0.15) is 20.9 Å². The molecule has 0 aliphatic heterocycles. The maximum Gasteiger partial charge on any atom is 0.338 e. The van der Waals surface area contributed by atoms with Crippen molar-refractivity contribution >= 4 is 28.7 Å². The van der Waals surface area contributed by atoms with Crippen LogP contribution >= 0.6 is 0 Å². The number of rotatable bonds is 5. The second kappa shape index (κ2) is 7.81. The molecule has 0 spiro atoms. The molecular formula is C21H14N2O6. The van der Waals surface area contributed by atoms with Gasteiger partial charge in [-0.1, -0.05) is 35.5 Å². The molecule has 0 saturated heterocycles. The Kier molecular flexibility index (Phi) is 4.90. The van der Waals surface area contributed by atoms with Gasteiger partial charge in [-0.05, 0) is 30.3 Å². The van der Waals surface area contributed by atoms with Gasteiger partial charge in [-0.15, -0.1) is 0 Å². The molecule has 0 atom stereocenters. The van der Waals surface area contributed by atoms with E-state index in [9.17, 15) is 14.4 Å². The van der Waals surface area contributed by atoms with Crippen molar-refractivity contribution in [1.82, 2.24) is 10.5 Å². The highest BCUT2D eigenvalue weighted by molar-refractivity contribution is 6.04. The van der Waals surface area contributed by atoms with Crippen LogP contribution in [0.2, 0.25) is 0 Å². The number of hydrogen-bond acceptors (Lipinski definition) is 7. The molecule has 144 valence electrons. The zero-order chi connectivity index (χ0) is 20.2. The maximum absolute atomic E-state index is 12.3. The van der Waals surface area contributed by atoms with Gasteiger partial charge in [0.1, 0.15) is 5.52 Å².